The van der Waals surface area contributed by atoms with Gasteiger partial charge in [0.1, 0.15) is 5.82 Å². The summed E-state index contributed by atoms with van der Waals surface area (Å²) in [6, 6.07) is 8.87. The van der Waals surface area contributed by atoms with Gasteiger partial charge < -0.3 is 11.2 Å². The quantitative estimate of drug-likeness (QED) is 0.543. The zero-order valence-electron chi connectivity index (χ0n) is 11.9. The number of imide groups is 1. The number of urea groups is 1. The first-order chi connectivity index (χ1) is 10.6. The average molecular weight is 320 g/mol. The molecule has 0 bridgehead atoms. The Morgan fingerprint density at radius 2 is 2.00 bits per heavy atom. The van der Waals surface area contributed by atoms with Gasteiger partial charge in [0.2, 0.25) is 11.1 Å². The molecule has 2 rings (SSSR count). The molecular weight excluding hydrogens is 304 g/mol. The minimum atomic E-state index is -0.542. The highest BCUT2D eigenvalue weighted by atomic mass is 32.2. The molecule has 0 saturated carbocycles. The Morgan fingerprint density at radius 3 is 2.64 bits per heavy atom. The molecule has 0 aliphatic carbocycles. The van der Waals surface area contributed by atoms with Crippen molar-refractivity contribution in [1.29, 1.82) is 0 Å². The highest BCUT2D eigenvalue weighted by Crippen LogP contribution is 2.13. The zero-order chi connectivity index (χ0) is 15.9. The van der Waals surface area contributed by atoms with E-state index in [0.29, 0.717) is 17.5 Å². The summed E-state index contributed by atoms with van der Waals surface area (Å²) in [7, 11) is 0. The second-order valence-corrected chi connectivity index (χ2v) is 5.35. The van der Waals surface area contributed by atoms with Gasteiger partial charge in [0.15, 0.2) is 0 Å². The fourth-order valence-corrected chi connectivity index (χ4v) is 2.27. The number of nitrogens with two attached hydrogens (primary N) is 1. The van der Waals surface area contributed by atoms with Gasteiger partial charge >= 0.3 is 6.03 Å². The molecule has 2 aromatic rings. The van der Waals surface area contributed by atoms with Crippen LogP contribution in [-0.2, 0) is 11.3 Å². The average Bonchev–Trinajstić information content (AvgIpc) is 2.84. The summed E-state index contributed by atoms with van der Waals surface area (Å²) in [6.07, 6.45) is 0. The van der Waals surface area contributed by atoms with E-state index in [9.17, 15) is 9.59 Å². The van der Waals surface area contributed by atoms with Crippen molar-refractivity contribution >= 4 is 23.7 Å². The highest BCUT2D eigenvalue weighted by Gasteiger charge is 2.11. The summed E-state index contributed by atoms with van der Waals surface area (Å²) in [5.74, 6) is 5.79. The second-order valence-electron chi connectivity index (χ2n) is 4.40. The van der Waals surface area contributed by atoms with Crippen LogP contribution in [0.25, 0.3) is 0 Å². The van der Waals surface area contributed by atoms with E-state index in [-0.39, 0.29) is 5.75 Å². The number of aryl methyl sites for hydroxylation is 1. The first-order valence-corrected chi connectivity index (χ1v) is 7.46. The minimum absolute atomic E-state index is 0.0219. The van der Waals surface area contributed by atoms with Gasteiger partial charge in [-0.15, -0.1) is 10.2 Å². The van der Waals surface area contributed by atoms with Crippen molar-refractivity contribution in [2.24, 2.45) is 0 Å². The topological polar surface area (TPSA) is 115 Å². The van der Waals surface area contributed by atoms with Crippen LogP contribution in [0.1, 0.15) is 11.4 Å². The van der Waals surface area contributed by atoms with Gasteiger partial charge in [-0.05, 0) is 12.5 Å². The molecule has 116 valence electrons. The van der Waals surface area contributed by atoms with E-state index in [2.05, 4.69) is 20.8 Å². The van der Waals surface area contributed by atoms with E-state index in [0.717, 1.165) is 17.3 Å². The predicted octanol–water partition coefficient (Wildman–Crippen LogP) is 0.418. The second kappa shape index (κ2) is 7.46. The Hall–Kier alpha value is -2.55. The summed E-state index contributed by atoms with van der Waals surface area (Å²) < 4.78 is 1.29. The number of carbonyl (C=O) groups excluding carboxylic acids is 2. The van der Waals surface area contributed by atoms with Crippen molar-refractivity contribution in [3.63, 3.8) is 0 Å². The van der Waals surface area contributed by atoms with Crippen LogP contribution in [0.2, 0.25) is 0 Å². The lowest BCUT2D eigenvalue weighted by Crippen LogP contribution is -2.40. The maximum atomic E-state index is 11.7. The van der Waals surface area contributed by atoms with Crippen LogP contribution < -0.4 is 16.5 Å². The standard InChI is InChI=1S/C13H16N6O2S/c1-9-17-18-13(19(9)14)22-8-11(20)16-12(21)15-7-10-5-3-2-4-6-10/h2-6H,7-8,14H2,1H3,(H2,15,16,20,21). The van der Waals surface area contributed by atoms with Crippen molar-refractivity contribution in [3.8, 4) is 0 Å². The smallest absolute Gasteiger partial charge is 0.321 e. The van der Waals surface area contributed by atoms with Crippen molar-refractivity contribution in [3.05, 3.63) is 41.7 Å². The number of amides is 3. The van der Waals surface area contributed by atoms with Crippen molar-refractivity contribution < 1.29 is 9.59 Å². The van der Waals surface area contributed by atoms with Crippen molar-refractivity contribution in [2.45, 2.75) is 18.6 Å². The molecule has 0 atom stereocenters. The number of nitrogens with one attached hydrogen (secondary N) is 2. The summed E-state index contributed by atoms with van der Waals surface area (Å²) in [4.78, 5) is 23.3. The summed E-state index contributed by atoms with van der Waals surface area (Å²) >= 11 is 1.10. The monoisotopic (exact) mass is 320 g/mol. The third kappa shape index (κ3) is 4.48. The fraction of sp³-hybridized carbons (Fsp3) is 0.231. The summed E-state index contributed by atoms with van der Waals surface area (Å²) in [6.45, 7) is 2.05. The highest BCUT2D eigenvalue weighted by molar-refractivity contribution is 7.99. The molecule has 0 aliphatic rings. The Kier molecular flexibility index (Phi) is 5.37. The van der Waals surface area contributed by atoms with E-state index in [1.54, 1.807) is 6.92 Å². The SMILES string of the molecule is Cc1nnc(SCC(=O)NC(=O)NCc2ccccc2)n1N. The van der Waals surface area contributed by atoms with E-state index in [1.165, 1.54) is 4.68 Å². The van der Waals surface area contributed by atoms with Gasteiger partial charge in [-0.2, -0.15) is 0 Å². The molecule has 1 aromatic heterocycles. The zero-order valence-corrected chi connectivity index (χ0v) is 12.8. The molecule has 9 heteroatoms. The molecule has 0 radical (unpaired) electrons. The molecular formula is C13H16N6O2S. The summed E-state index contributed by atoms with van der Waals surface area (Å²) in [5, 5.41) is 12.8. The van der Waals surface area contributed by atoms with Crippen LogP contribution in [-0.4, -0.2) is 32.6 Å². The van der Waals surface area contributed by atoms with Crippen LogP contribution in [0.3, 0.4) is 0 Å². The molecule has 0 spiro atoms. The predicted molar refractivity (Wildman–Crippen MR) is 82.5 cm³/mol. The lowest BCUT2D eigenvalue weighted by atomic mass is 10.2. The fourth-order valence-electron chi connectivity index (χ4n) is 1.56. The Morgan fingerprint density at radius 1 is 1.27 bits per heavy atom. The van der Waals surface area contributed by atoms with E-state index in [4.69, 9.17) is 5.84 Å². The number of nitrogen functional groups attached to an aromatic ring is 1. The number of benzene rings is 1. The largest absolute Gasteiger partial charge is 0.336 e. The van der Waals surface area contributed by atoms with Gasteiger partial charge in [-0.25, -0.2) is 9.47 Å². The third-order valence-corrected chi connectivity index (χ3v) is 3.66. The van der Waals surface area contributed by atoms with Crippen LogP contribution in [0.4, 0.5) is 4.79 Å². The lowest BCUT2D eigenvalue weighted by Gasteiger charge is -2.06. The number of carbonyl (C=O) groups is 2. The molecule has 0 saturated heterocycles. The number of thioether (sulfide) groups is 1. The lowest BCUT2D eigenvalue weighted by molar-refractivity contribution is -0.117. The maximum Gasteiger partial charge on any atom is 0.321 e. The number of hydrogen-bond donors (Lipinski definition) is 3. The van der Waals surface area contributed by atoms with E-state index >= 15 is 0 Å². The van der Waals surface area contributed by atoms with Crippen LogP contribution >= 0.6 is 11.8 Å². The maximum absolute atomic E-state index is 11.7. The minimum Gasteiger partial charge on any atom is -0.336 e. The molecule has 8 nitrogen and oxygen atoms in total. The first-order valence-electron chi connectivity index (χ1n) is 6.48. The Labute approximate surface area is 131 Å². The number of aromatic nitrogens is 3. The molecule has 1 heterocycles. The van der Waals surface area contributed by atoms with Crippen LogP contribution in [0.5, 0.6) is 0 Å². The van der Waals surface area contributed by atoms with Crippen LogP contribution in [0.15, 0.2) is 35.5 Å². The first kappa shape index (κ1) is 15.8. The molecule has 0 aliphatic heterocycles. The molecule has 3 amide bonds. The van der Waals surface area contributed by atoms with Gasteiger partial charge in [0, 0.05) is 6.54 Å². The van der Waals surface area contributed by atoms with Gasteiger partial charge in [0.05, 0.1) is 5.75 Å². The number of rotatable bonds is 5. The Balaban J connectivity index is 1.72. The number of nitrogens with zero attached hydrogens (tertiary/aromatic N) is 3. The van der Waals surface area contributed by atoms with E-state index in [1.807, 2.05) is 30.3 Å². The van der Waals surface area contributed by atoms with Gasteiger partial charge in [0.25, 0.3) is 0 Å². The molecule has 4 N–H and O–H groups in total. The Bertz CT molecular complexity index is 658. The third-order valence-electron chi connectivity index (χ3n) is 2.72. The van der Waals surface area contributed by atoms with Crippen molar-refractivity contribution in [1.82, 2.24) is 25.5 Å². The van der Waals surface area contributed by atoms with Gasteiger partial charge in [-0.3, -0.25) is 10.1 Å². The molecule has 22 heavy (non-hydrogen) atoms. The number of hydrogen-bond acceptors (Lipinski definition) is 6. The van der Waals surface area contributed by atoms with E-state index < -0.39 is 11.9 Å². The molecule has 1 aromatic carbocycles. The normalized spacial score (nSPS) is 10.2. The molecule has 0 unspecified atom stereocenters. The molecule has 0 fully saturated rings. The van der Waals surface area contributed by atoms with Crippen molar-refractivity contribution in [2.75, 3.05) is 11.6 Å². The van der Waals surface area contributed by atoms with Gasteiger partial charge in [-0.1, -0.05) is 42.1 Å². The summed E-state index contributed by atoms with van der Waals surface area (Å²) in [5.41, 5.74) is 0.950. The van der Waals surface area contributed by atoms with Crippen LogP contribution in [0, 0.1) is 6.92 Å².